The summed E-state index contributed by atoms with van der Waals surface area (Å²) in [6.45, 7) is 1.59. The highest BCUT2D eigenvalue weighted by Gasteiger charge is 2.33. The molecule has 0 spiro atoms. The van der Waals surface area contributed by atoms with Crippen molar-refractivity contribution in [3.05, 3.63) is 81.9 Å². The van der Waals surface area contributed by atoms with E-state index in [1.54, 1.807) is 30.6 Å². The van der Waals surface area contributed by atoms with Crippen molar-refractivity contribution >= 4 is 29.1 Å². The van der Waals surface area contributed by atoms with Crippen molar-refractivity contribution in [2.75, 3.05) is 6.54 Å². The van der Waals surface area contributed by atoms with E-state index in [0.29, 0.717) is 22.3 Å². The number of pyridine rings is 2. The monoisotopic (exact) mass is 449 g/mol. The first kappa shape index (κ1) is 22.1. The molecule has 0 bridgehead atoms. The summed E-state index contributed by atoms with van der Waals surface area (Å²) in [5.74, 6) is -3.62. The molecular formula is C22H19Cl2F2N3O. The molecule has 0 aliphatic carbocycles. The first-order valence-corrected chi connectivity index (χ1v) is 10.1. The number of alkyl halides is 2. The highest BCUT2D eigenvalue weighted by Crippen LogP contribution is 2.33. The normalized spacial score (nSPS) is 11.4. The topological polar surface area (TPSA) is 54.9 Å². The predicted octanol–water partition coefficient (Wildman–Crippen LogP) is 5.92. The van der Waals surface area contributed by atoms with Gasteiger partial charge in [-0.25, -0.2) is 13.8 Å². The zero-order valence-electron chi connectivity index (χ0n) is 16.1. The van der Waals surface area contributed by atoms with Crippen LogP contribution in [0.4, 0.5) is 8.78 Å². The Labute approximate surface area is 183 Å². The Bertz CT molecular complexity index is 1040. The molecule has 0 aliphatic rings. The zero-order valence-corrected chi connectivity index (χ0v) is 17.6. The van der Waals surface area contributed by atoms with E-state index in [9.17, 15) is 13.6 Å². The van der Waals surface area contributed by atoms with Crippen LogP contribution >= 0.6 is 23.2 Å². The van der Waals surface area contributed by atoms with Gasteiger partial charge in [0.05, 0.1) is 10.7 Å². The van der Waals surface area contributed by atoms with Crippen molar-refractivity contribution in [3.8, 4) is 11.1 Å². The summed E-state index contributed by atoms with van der Waals surface area (Å²) in [6, 6.07) is 11.0. The van der Waals surface area contributed by atoms with E-state index >= 15 is 0 Å². The van der Waals surface area contributed by atoms with Crippen LogP contribution in [-0.4, -0.2) is 22.4 Å². The average Bonchev–Trinajstić information content (AvgIpc) is 2.75. The van der Waals surface area contributed by atoms with E-state index in [0.717, 1.165) is 11.1 Å². The largest absolute Gasteiger partial charge is 0.352 e. The second-order valence-electron chi connectivity index (χ2n) is 6.63. The Morgan fingerprint density at radius 1 is 1.07 bits per heavy atom. The molecule has 0 atom stereocenters. The van der Waals surface area contributed by atoms with Crippen LogP contribution in [0.15, 0.2) is 54.9 Å². The summed E-state index contributed by atoms with van der Waals surface area (Å²) in [6.07, 6.45) is 3.26. The minimum absolute atomic E-state index is 0.0333. The van der Waals surface area contributed by atoms with Crippen LogP contribution in [0.1, 0.15) is 35.0 Å². The lowest BCUT2D eigenvalue weighted by molar-refractivity contribution is -0.00910. The Kier molecular flexibility index (Phi) is 7.00. The Morgan fingerprint density at radius 2 is 1.80 bits per heavy atom. The zero-order chi connectivity index (χ0) is 21.7. The molecule has 0 unspecified atom stereocenters. The molecule has 0 saturated carbocycles. The second-order valence-corrected chi connectivity index (χ2v) is 7.43. The number of carbonyl (C=O) groups excluding carboxylic acids is 1. The minimum atomic E-state index is -3.06. The number of amides is 1. The van der Waals surface area contributed by atoms with Crippen LogP contribution in [0, 0.1) is 0 Å². The molecule has 3 aromatic rings. The number of nitrogens with one attached hydrogen (secondary N) is 1. The SMILES string of the molecule is CCC(F)(F)c1ccccc1C(=O)NCCc1ncc(-c2ccc(Cl)nc2)cc1Cl. The van der Waals surface area contributed by atoms with Crippen molar-refractivity contribution in [3.63, 3.8) is 0 Å². The first-order valence-electron chi connectivity index (χ1n) is 9.33. The van der Waals surface area contributed by atoms with Crippen molar-refractivity contribution < 1.29 is 13.6 Å². The molecule has 0 fully saturated rings. The minimum Gasteiger partial charge on any atom is -0.352 e. The van der Waals surface area contributed by atoms with Gasteiger partial charge >= 0.3 is 0 Å². The predicted molar refractivity (Wildman–Crippen MR) is 114 cm³/mol. The van der Waals surface area contributed by atoms with Gasteiger partial charge in [0.1, 0.15) is 5.15 Å². The quantitative estimate of drug-likeness (QED) is 0.455. The molecule has 2 heterocycles. The molecular weight excluding hydrogens is 431 g/mol. The van der Waals surface area contributed by atoms with Gasteiger partial charge in [-0.3, -0.25) is 9.78 Å². The third kappa shape index (κ3) is 5.12. The van der Waals surface area contributed by atoms with Crippen molar-refractivity contribution in [2.24, 2.45) is 0 Å². The molecule has 0 saturated heterocycles. The lowest BCUT2D eigenvalue weighted by atomic mass is 9.99. The first-order chi connectivity index (χ1) is 14.3. The van der Waals surface area contributed by atoms with Crippen molar-refractivity contribution in [1.29, 1.82) is 0 Å². The molecule has 2 aromatic heterocycles. The highest BCUT2D eigenvalue weighted by molar-refractivity contribution is 6.31. The smallest absolute Gasteiger partial charge is 0.273 e. The highest BCUT2D eigenvalue weighted by atomic mass is 35.5. The summed E-state index contributed by atoms with van der Waals surface area (Å²) in [4.78, 5) is 20.8. The second kappa shape index (κ2) is 9.49. The lowest BCUT2D eigenvalue weighted by Crippen LogP contribution is -2.29. The molecule has 8 heteroatoms. The molecule has 0 radical (unpaired) electrons. The maximum absolute atomic E-state index is 14.1. The van der Waals surface area contributed by atoms with Crippen molar-refractivity contribution in [2.45, 2.75) is 25.7 Å². The summed E-state index contributed by atoms with van der Waals surface area (Å²) in [7, 11) is 0. The lowest BCUT2D eigenvalue weighted by Gasteiger charge is -2.18. The fourth-order valence-corrected chi connectivity index (χ4v) is 3.31. The molecule has 3 rings (SSSR count). The number of rotatable bonds is 7. The van der Waals surface area contributed by atoms with E-state index in [4.69, 9.17) is 23.2 Å². The van der Waals surface area contributed by atoms with Crippen LogP contribution in [0.3, 0.4) is 0 Å². The van der Waals surface area contributed by atoms with E-state index < -0.39 is 11.8 Å². The molecule has 4 nitrogen and oxygen atoms in total. The van der Waals surface area contributed by atoms with E-state index in [-0.39, 0.29) is 24.1 Å². The van der Waals surface area contributed by atoms with E-state index in [1.165, 1.54) is 25.1 Å². The van der Waals surface area contributed by atoms with Crippen LogP contribution < -0.4 is 5.32 Å². The standard InChI is InChI=1S/C22H19Cl2F2N3O/c1-2-22(25,26)17-6-4-3-5-16(17)21(30)27-10-9-19-18(23)11-15(13-28-19)14-7-8-20(24)29-12-14/h3-8,11-13H,2,9-10H2,1H3,(H,27,30). The maximum atomic E-state index is 14.1. The van der Waals surface area contributed by atoms with Gasteiger partial charge in [-0.15, -0.1) is 0 Å². The van der Waals surface area contributed by atoms with Gasteiger partial charge in [-0.05, 0) is 24.3 Å². The Morgan fingerprint density at radius 3 is 2.47 bits per heavy atom. The number of hydrogen-bond donors (Lipinski definition) is 1. The van der Waals surface area contributed by atoms with Gasteiger partial charge in [0.2, 0.25) is 0 Å². The molecule has 1 amide bonds. The number of aromatic nitrogens is 2. The number of halogens is 4. The third-order valence-electron chi connectivity index (χ3n) is 4.64. The molecule has 30 heavy (non-hydrogen) atoms. The van der Waals surface area contributed by atoms with Crippen LogP contribution in [-0.2, 0) is 12.3 Å². The molecule has 0 aliphatic heterocycles. The number of hydrogen-bond acceptors (Lipinski definition) is 3. The summed E-state index contributed by atoms with van der Waals surface area (Å²) < 4.78 is 28.3. The van der Waals surface area contributed by atoms with Gasteiger partial charge in [-0.2, -0.15) is 0 Å². The Hall–Kier alpha value is -2.57. The molecule has 1 aromatic carbocycles. The average molecular weight is 450 g/mol. The third-order valence-corrected chi connectivity index (χ3v) is 5.19. The summed E-state index contributed by atoms with van der Waals surface area (Å²) in [5.41, 5.74) is 1.89. The van der Waals surface area contributed by atoms with Crippen molar-refractivity contribution in [1.82, 2.24) is 15.3 Å². The van der Waals surface area contributed by atoms with Gasteiger partial charge in [-0.1, -0.05) is 48.3 Å². The van der Waals surface area contributed by atoms with Crippen LogP contribution in [0.25, 0.3) is 11.1 Å². The van der Waals surface area contributed by atoms with Gasteiger partial charge in [0, 0.05) is 54.0 Å². The summed E-state index contributed by atoms with van der Waals surface area (Å²) >= 11 is 12.1. The number of nitrogens with zero attached hydrogens (tertiary/aromatic N) is 2. The fourth-order valence-electron chi connectivity index (χ4n) is 2.93. The number of benzene rings is 1. The Balaban J connectivity index is 1.66. The molecule has 1 N–H and O–H groups in total. The van der Waals surface area contributed by atoms with E-state index in [1.807, 2.05) is 6.07 Å². The van der Waals surface area contributed by atoms with Crippen LogP contribution in [0.2, 0.25) is 10.2 Å². The van der Waals surface area contributed by atoms with Crippen LogP contribution in [0.5, 0.6) is 0 Å². The maximum Gasteiger partial charge on any atom is 0.273 e. The van der Waals surface area contributed by atoms with Gasteiger partial charge in [0.15, 0.2) is 0 Å². The van der Waals surface area contributed by atoms with Gasteiger partial charge in [0.25, 0.3) is 11.8 Å². The summed E-state index contributed by atoms with van der Waals surface area (Å²) in [5, 5.41) is 3.50. The fraction of sp³-hybridized carbons (Fsp3) is 0.227. The number of carbonyl (C=O) groups is 1. The van der Waals surface area contributed by atoms with Gasteiger partial charge < -0.3 is 5.32 Å². The molecule has 156 valence electrons. The van der Waals surface area contributed by atoms with E-state index in [2.05, 4.69) is 15.3 Å².